The Kier molecular flexibility index (Phi) is 4.31. The fraction of sp³-hybridized carbons (Fsp3) is 0.417. The molecule has 2 aromatic rings. The van der Waals surface area contributed by atoms with Gasteiger partial charge in [0, 0.05) is 32.0 Å². The molecule has 1 N–H and O–H groups in total. The van der Waals surface area contributed by atoms with E-state index in [2.05, 4.69) is 15.5 Å². The first-order valence-corrected chi connectivity index (χ1v) is 6.43. The molecule has 0 unspecified atom stereocenters. The number of carbonyl (C=O) groups excluding carboxylic acids is 1. The first-order valence-electron chi connectivity index (χ1n) is 6.43. The summed E-state index contributed by atoms with van der Waals surface area (Å²) in [6.45, 7) is 3.03. The summed E-state index contributed by atoms with van der Waals surface area (Å²) in [5.74, 6) is -0.501. The van der Waals surface area contributed by atoms with E-state index in [9.17, 15) is 14.9 Å². The maximum absolute atomic E-state index is 12.0. The Labute approximate surface area is 120 Å². The molecule has 0 fully saturated rings. The molecule has 0 spiro atoms. The normalized spacial score (nSPS) is 10.6. The molecule has 9 heteroatoms. The van der Waals surface area contributed by atoms with Gasteiger partial charge in [0.15, 0.2) is 0 Å². The topological polar surface area (TPSA) is 108 Å². The van der Waals surface area contributed by atoms with Crippen LogP contribution in [0.1, 0.15) is 22.6 Å². The van der Waals surface area contributed by atoms with Crippen LogP contribution in [0.3, 0.4) is 0 Å². The molecule has 2 heterocycles. The number of hydrogen-bond acceptors (Lipinski definition) is 5. The molecule has 0 aliphatic heterocycles. The quantitative estimate of drug-likeness (QED) is 0.478. The Morgan fingerprint density at radius 2 is 2.24 bits per heavy atom. The van der Waals surface area contributed by atoms with Crippen LogP contribution in [0.4, 0.5) is 5.69 Å². The van der Waals surface area contributed by atoms with Crippen molar-refractivity contribution in [3.8, 4) is 0 Å². The van der Waals surface area contributed by atoms with E-state index >= 15 is 0 Å². The van der Waals surface area contributed by atoms with Crippen molar-refractivity contribution in [1.29, 1.82) is 0 Å². The molecule has 9 nitrogen and oxygen atoms in total. The van der Waals surface area contributed by atoms with Crippen molar-refractivity contribution in [2.75, 3.05) is 6.54 Å². The molecular formula is C12H16N6O3. The molecule has 0 atom stereocenters. The predicted molar refractivity (Wildman–Crippen MR) is 73.8 cm³/mol. The summed E-state index contributed by atoms with van der Waals surface area (Å²) >= 11 is 0. The largest absolute Gasteiger partial charge is 0.350 e. The number of aromatic nitrogens is 4. The molecule has 1 amide bonds. The van der Waals surface area contributed by atoms with Gasteiger partial charge in [-0.05, 0) is 19.4 Å². The van der Waals surface area contributed by atoms with Crippen LogP contribution in [0.5, 0.6) is 0 Å². The monoisotopic (exact) mass is 292 g/mol. The molecule has 0 aliphatic carbocycles. The molecule has 0 saturated heterocycles. The molecule has 0 aliphatic rings. The minimum atomic E-state index is -0.616. The van der Waals surface area contributed by atoms with E-state index in [-0.39, 0.29) is 11.4 Å². The molecule has 0 saturated carbocycles. The van der Waals surface area contributed by atoms with Crippen LogP contribution in [0, 0.1) is 17.0 Å². The van der Waals surface area contributed by atoms with E-state index in [4.69, 9.17) is 0 Å². The first kappa shape index (κ1) is 14.7. The highest BCUT2D eigenvalue weighted by Gasteiger charge is 2.24. The van der Waals surface area contributed by atoms with Gasteiger partial charge >= 0.3 is 5.69 Å². The smallest absolute Gasteiger partial charge is 0.320 e. The Morgan fingerprint density at radius 3 is 2.86 bits per heavy atom. The zero-order chi connectivity index (χ0) is 15.4. The fourth-order valence-electron chi connectivity index (χ4n) is 1.97. The average Bonchev–Trinajstić information content (AvgIpc) is 3.01. The number of nitro groups is 1. The van der Waals surface area contributed by atoms with Crippen LogP contribution in [-0.2, 0) is 13.6 Å². The number of nitrogens with zero attached hydrogens (tertiary/aromatic N) is 5. The van der Waals surface area contributed by atoms with Gasteiger partial charge in [-0.1, -0.05) is 0 Å². The maximum atomic E-state index is 12.0. The third-order valence-corrected chi connectivity index (χ3v) is 3.09. The summed E-state index contributed by atoms with van der Waals surface area (Å²) in [5, 5.41) is 21.4. The molecule has 2 rings (SSSR count). The average molecular weight is 292 g/mol. The van der Waals surface area contributed by atoms with Gasteiger partial charge in [0.05, 0.1) is 4.92 Å². The van der Waals surface area contributed by atoms with E-state index in [1.54, 1.807) is 6.20 Å². The van der Waals surface area contributed by atoms with E-state index in [1.807, 2.05) is 17.7 Å². The molecule has 0 aromatic carbocycles. The van der Waals surface area contributed by atoms with Crippen molar-refractivity contribution < 1.29 is 9.72 Å². The summed E-state index contributed by atoms with van der Waals surface area (Å²) in [6, 6.07) is 1.90. The van der Waals surface area contributed by atoms with Gasteiger partial charge in [-0.15, -0.1) is 0 Å². The molecular weight excluding hydrogens is 276 g/mol. The standard InChI is InChI=1S/C12H16N6O3/c1-9-4-6-14-17(9)7-3-5-13-12(19)11-10(18(20)21)8-15-16(11)2/h4,6,8H,3,5,7H2,1-2H3,(H,13,19). The second-order valence-corrected chi connectivity index (χ2v) is 4.56. The number of amides is 1. The third-order valence-electron chi connectivity index (χ3n) is 3.09. The molecule has 21 heavy (non-hydrogen) atoms. The second kappa shape index (κ2) is 6.16. The Bertz CT molecular complexity index is 660. The number of nitrogens with one attached hydrogen (secondary N) is 1. The summed E-state index contributed by atoms with van der Waals surface area (Å²) in [7, 11) is 1.50. The van der Waals surface area contributed by atoms with Crippen LogP contribution in [0.15, 0.2) is 18.5 Å². The highest BCUT2D eigenvalue weighted by atomic mass is 16.6. The van der Waals surface area contributed by atoms with Crippen molar-refractivity contribution in [2.45, 2.75) is 19.9 Å². The number of hydrogen-bond donors (Lipinski definition) is 1. The van der Waals surface area contributed by atoms with Crippen LogP contribution < -0.4 is 5.32 Å². The lowest BCUT2D eigenvalue weighted by molar-refractivity contribution is -0.385. The van der Waals surface area contributed by atoms with Crippen LogP contribution in [0.2, 0.25) is 0 Å². The lowest BCUT2D eigenvalue weighted by atomic mass is 10.3. The molecule has 0 radical (unpaired) electrons. The number of aryl methyl sites for hydroxylation is 3. The minimum Gasteiger partial charge on any atom is -0.350 e. The summed E-state index contributed by atoms with van der Waals surface area (Å²) in [4.78, 5) is 22.2. The van der Waals surface area contributed by atoms with Crippen molar-refractivity contribution in [3.05, 3.63) is 40.0 Å². The predicted octanol–water partition coefficient (Wildman–Crippen LogP) is 0.653. The van der Waals surface area contributed by atoms with E-state index in [1.165, 1.54) is 11.7 Å². The highest BCUT2D eigenvalue weighted by molar-refractivity contribution is 5.96. The zero-order valence-corrected chi connectivity index (χ0v) is 11.8. The minimum absolute atomic E-state index is 0.0460. The van der Waals surface area contributed by atoms with Gasteiger partial charge in [0.1, 0.15) is 6.20 Å². The molecule has 112 valence electrons. The van der Waals surface area contributed by atoms with Crippen molar-refractivity contribution in [1.82, 2.24) is 24.9 Å². The first-order chi connectivity index (χ1) is 10.0. The van der Waals surface area contributed by atoms with Gasteiger partial charge in [-0.2, -0.15) is 10.2 Å². The number of carbonyl (C=O) groups is 1. The highest BCUT2D eigenvalue weighted by Crippen LogP contribution is 2.16. The van der Waals surface area contributed by atoms with Gasteiger partial charge in [-0.3, -0.25) is 24.3 Å². The molecule has 0 bridgehead atoms. The Morgan fingerprint density at radius 1 is 1.48 bits per heavy atom. The van der Waals surface area contributed by atoms with Crippen molar-refractivity contribution >= 4 is 11.6 Å². The summed E-state index contributed by atoms with van der Waals surface area (Å²) in [6.07, 6.45) is 3.47. The SMILES string of the molecule is Cc1ccnn1CCCNC(=O)c1c([N+](=O)[O-])cnn1C. The summed E-state index contributed by atoms with van der Waals surface area (Å²) < 4.78 is 3.03. The second-order valence-electron chi connectivity index (χ2n) is 4.56. The van der Waals surface area contributed by atoms with Gasteiger partial charge in [-0.25, -0.2) is 0 Å². The van der Waals surface area contributed by atoms with E-state index in [0.29, 0.717) is 19.5 Å². The van der Waals surface area contributed by atoms with Crippen LogP contribution in [-0.4, -0.2) is 36.9 Å². The van der Waals surface area contributed by atoms with Gasteiger partial charge in [0.2, 0.25) is 5.69 Å². The summed E-state index contributed by atoms with van der Waals surface area (Å²) in [5.41, 5.74) is 0.705. The lowest BCUT2D eigenvalue weighted by Crippen LogP contribution is -2.28. The molecule has 2 aromatic heterocycles. The Balaban J connectivity index is 1.89. The van der Waals surface area contributed by atoms with Crippen molar-refractivity contribution in [3.63, 3.8) is 0 Å². The maximum Gasteiger partial charge on any atom is 0.320 e. The fourth-order valence-corrected chi connectivity index (χ4v) is 1.97. The Hall–Kier alpha value is -2.71. The van der Waals surface area contributed by atoms with E-state index in [0.717, 1.165) is 11.9 Å². The number of rotatable bonds is 6. The van der Waals surface area contributed by atoms with Gasteiger partial charge < -0.3 is 5.32 Å². The third kappa shape index (κ3) is 3.25. The van der Waals surface area contributed by atoms with Gasteiger partial charge in [0.25, 0.3) is 5.91 Å². The lowest BCUT2D eigenvalue weighted by Gasteiger charge is -2.06. The zero-order valence-electron chi connectivity index (χ0n) is 11.8. The van der Waals surface area contributed by atoms with Crippen LogP contribution in [0.25, 0.3) is 0 Å². The van der Waals surface area contributed by atoms with Crippen LogP contribution >= 0.6 is 0 Å². The van der Waals surface area contributed by atoms with Crippen molar-refractivity contribution in [2.24, 2.45) is 7.05 Å². The van der Waals surface area contributed by atoms with E-state index < -0.39 is 10.8 Å².